The third kappa shape index (κ3) is 13.5. The zero-order chi connectivity index (χ0) is 62.0. The van der Waals surface area contributed by atoms with Gasteiger partial charge in [0.05, 0.1) is 80.4 Å². The quantitative estimate of drug-likeness (QED) is 0.0982. The van der Waals surface area contributed by atoms with E-state index in [-0.39, 0.29) is 45.8 Å². The van der Waals surface area contributed by atoms with E-state index in [1.165, 1.54) is 117 Å². The van der Waals surface area contributed by atoms with Gasteiger partial charge in [-0.3, -0.25) is 28.3 Å². The van der Waals surface area contributed by atoms with Crippen LogP contribution in [0.1, 0.15) is 40.8 Å². The highest BCUT2D eigenvalue weighted by Gasteiger charge is 2.39. The maximum absolute atomic E-state index is 14.3. The monoisotopic (exact) mass is 1200 g/mol. The number of fused-ring (bicyclic) bond motifs is 3. The van der Waals surface area contributed by atoms with Crippen LogP contribution < -0.4 is 25.4 Å². The summed E-state index contributed by atoms with van der Waals surface area (Å²) >= 11 is 0. The molecule has 0 fully saturated rings. The maximum Gasteiger partial charge on any atom is 0.435 e. The van der Waals surface area contributed by atoms with Crippen molar-refractivity contribution in [3.05, 3.63) is 204 Å². The highest BCUT2D eigenvalue weighted by Crippen LogP contribution is 2.39. The molecule has 0 amide bonds. The standard InChI is InChI=1S/C21H19F2N5O.C20H15F4N5.C19H13F4N5O/c1-13-4-6-14(7-5-13)25-17-11-24-10-16(26-17)19-20(21(2,22)23)27-18-9-8-15(29-3)12-28(18)19;1-11-7-16-17(8-15(11)21)29(12(2)26-16)19-10-25-9-18(28-19)27-14-5-3-13(4-6-14)20(22,23)24;1-29-13-6-7-16-27-18(19(21,22)23)17(28(16)10-13)14-8-24-9-15(26-14)25-12-4-2-11(20)3-5-12/h4-12H,1-3H3,(H,25,26);3-10H,1-2H3,(H,27,28);2-10H,1H3,(H,25,26). The summed E-state index contributed by atoms with van der Waals surface area (Å²) in [5.74, 6) is -1.07. The predicted octanol–water partition coefficient (Wildman–Crippen LogP) is 15.0. The molecule has 12 aromatic rings. The molecule has 0 atom stereocenters. The molecule has 27 heteroatoms. The van der Waals surface area contributed by atoms with Crippen LogP contribution >= 0.6 is 0 Å². The molecule has 0 saturated heterocycles. The number of imidazole rings is 3. The van der Waals surface area contributed by atoms with Gasteiger partial charge in [0.2, 0.25) is 0 Å². The van der Waals surface area contributed by atoms with Crippen LogP contribution in [0.3, 0.4) is 0 Å². The van der Waals surface area contributed by atoms with Crippen molar-refractivity contribution in [2.45, 2.75) is 46.0 Å². The van der Waals surface area contributed by atoms with Crippen molar-refractivity contribution < 1.29 is 53.4 Å². The Morgan fingerprint density at radius 3 is 1.45 bits per heavy atom. The molecule has 0 bridgehead atoms. The first-order chi connectivity index (χ1) is 41.4. The molecule has 87 heavy (non-hydrogen) atoms. The van der Waals surface area contributed by atoms with E-state index in [4.69, 9.17) is 9.47 Å². The number of anilines is 6. The molecule has 0 aliphatic carbocycles. The summed E-state index contributed by atoms with van der Waals surface area (Å²) in [5, 5.41) is 8.96. The summed E-state index contributed by atoms with van der Waals surface area (Å²) < 4.78 is 150. The Morgan fingerprint density at radius 1 is 0.483 bits per heavy atom. The second-order valence-electron chi connectivity index (χ2n) is 19.3. The van der Waals surface area contributed by atoms with Gasteiger partial charge in [0.1, 0.15) is 80.4 Å². The minimum Gasteiger partial charge on any atom is -0.495 e. The van der Waals surface area contributed by atoms with Crippen molar-refractivity contribution in [3.63, 3.8) is 0 Å². The number of hydrogen-bond donors (Lipinski definition) is 3. The molecular weight excluding hydrogens is 1150 g/mol. The Hall–Kier alpha value is -10.7. The minimum atomic E-state index is -4.70. The lowest BCUT2D eigenvalue weighted by atomic mass is 10.1. The van der Waals surface area contributed by atoms with Gasteiger partial charge in [-0.2, -0.15) is 35.1 Å². The molecule has 0 aliphatic rings. The number of rotatable bonds is 12. The molecule has 4 aromatic carbocycles. The van der Waals surface area contributed by atoms with E-state index in [0.29, 0.717) is 68.4 Å². The number of alkyl halides is 8. The van der Waals surface area contributed by atoms with E-state index < -0.39 is 35.3 Å². The summed E-state index contributed by atoms with van der Waals surface area (Å²) in [4.78, 5) is 37.8. The van der Waals surface area contributed by atoms with Gasteiger partial charge < -0.3 is 25.4 Å². The van der Waals surface area contributed by atoms with Crippen LogP contribution in [0.2, 0.25) is 0 Å². The van der Waals surface area contributed by atoms with Gasteiger partial charge in [-0.25, -0.2) is 38.7 Å². The molecule has 0 spiro atoms. The molecule has 0 unspecified atom stereocenters. The van der Waals surface area contributed by atoms with Crippen LogP contribution in [-0.2, 0) is 18.3 Å². The lowest BCUT2D eigenvalue weighted by Crippen LogP contribution is -2.10. The Bertz CT molecular complexity index is 4240. The van der Waals surface area contributed by atoms with Crippen LogP contribution in [0.15, 0.2) is 159 Å². The second kappa shape index (κ2) is 24.1. The van der Waals surface area contributed by atoms with E-state index in [2.05, 4.69) is 60.8 Å². The molecule has 0 aliphatic heterocycles. The second-order valence-corrected chi connectivity index (χ2v) is 19.3. The lowest BCUT2D eigenvalue weighted by molar-refractivity contribution is -0.140. The molecule has 3 N–H and O–H groups in total. The van der Waals surface area contributed by atoms with Gasteiger partial charge in [0.15, 0.2) is 17.3 Å². The minimum absolute atomic E-state index is 0.0369. The number of aromatic nitrogens is 12. The molecule has 12 rings (SSSR count). The maximum atomic E-state index is 14.3. The number of aryl methyl sites for hydroxylation is 3. The van der Waals surface area contributed by atoms with E-state index in [1.54, 1.807) is 47.2 Å². The number of methoxy groups -OCH3 is 2. The van der Waals surface area contributed by atoms with Gasteiger partial charge >= 0.3 is 12.4 Å². The van der Waals surface area contributed by atoms with Crippen molar-refractivity contribution in [2.24, 2.45) is 0 Å². The molecule has 8 aromatic heterocycles. The fraction of sp³-hybridized carbons (Fsp3) is 0.150. The predicted molar refractivity (Wildman–Crippen MR) is 305 cm³/mol. The SMILES string of the molecule is COc1ccc2nc(C(C)(F)F)c(-c3cncc(Nc4ccc(C)cc4)n3)n2c1.COc1ccc2nc(C(F)(F)F)c(-c3cncc(Nc4ccc(F)cc4)n3)n2c1.Cc1cc2nc(C)n(-c3cncc(Nc4ccc(C(F)(F)F)cc4)n3)c2cc1F. The molecule has 444 valence electrons. The summed E-state index contributed by atoms with van der Waals surface area (Å²) in [6.07, 6.45) is 2.41. The Morgan fingerprint density at radius 2 is 0.954 bits per heavy atom. The smallest absolute Gasteiger partial charge is 0.435 e. The summed E-state index contributed by atoms with van der Waals surface area (Å²) in [6.45, 7) is 6.25. The van der Waals surface area contributed by atoms with Gasteiger partial charge in [0, 0.05) is 30.1 Å². The fourth-order valence-corrected chi connectivity index (χ4v) is 8.86. The van der Waals surface area contributed by atoms with E-state index >= 15 is 0 Å². The van der Waals surface area contributed by atoms with Crippen LogP contribution in [-0.4, -0.2) is 72.4 Å². The molecule has 8 heterocycles. The molecular formula is C60H47F10N15O2. The topological polar surface area (TPSA) is 184 Å². The number of nitrogens with zero attached hydrogens (tertiary/aromatic N) is 12. The first kappa shape index (κ1) is 59.4. The molecule has 17 nitrogen and oxygen atoms in total. The van der Waals surface area contributed by atoms with Gasteiger partial charge in [-0.05, 0) is 117 Å². The zero-order valence-electron chi connectivity index (χ0n) is 46.5. The lowest BCUT2D eigenvalue weighted by Gasteiger charge is -2.12. The average molecular weight is 1200 g/mol. The highest BCUT2D eigenvalue weighted by molar-refractivity contribution is 5.79. The normalized spacial score (nSPS) is 11.7. The Balaban J connectivity index is 0.000000144. The van der Waals surface area contributed by atoms with Crippen LogP contribution in [0.4, 0.5) is 78.4 Å². The number of ether oxygens (including phenoxy) is 2. The van der Waals surface area contributed by atoms with Crippen molar-refractivity contribution in [1.82, 2.24) is 58.2 Å². The first-order valence-corrected chi connectivity index (χ1v) is 25.9. The van der Waals surface area contributed by atoms with Crippen molar-refractivity contribution in [2.75, 3.05) is 30.2 Å². The fourth-order valence-electron chi connectivity index (χ4n) is 8.86. The average Bonchev–Trinajstić information content (AvgIpc) is 1.91. The van der Waals surface area contributed by atoms with Gasteiger partial charge in [0.25, 0.3) is 5.92 Å². The summed E-state index contributed by atoms with van der Waals surface area (Å²) in [6, 6.07) is 27.1. The third-order valence-electron chi connectivity index (χ3n) is 13.0. The molecule has 0 radical (unpaired) electrons. The molecule has 0 saturated carbocycles. The number of hydrogen-bond acceptors (Lipinski definition) is 14. The van der Waals surface area contributed by atoms with E-state index in [1.807, 2.05) is 31.2 Å². The Kier molecular flexibility index (Phi) is 16.5. The summed E-state index contributed by atoms with van der Waals surface area (Å²) in [5.41, 5.74) is 2.98. The number of pyridine rings is 2. The summed E-state index contributed by atoms with van der Waals surface area (Å²) in [7, 11) is 2.93. The number of nitrogens with one attached hydrogen (secondary N) is 3. The van der Waals surface area contributed by atoms with Crippen molar-refractivity contribution in [3.8, 4) is 40.1 Å². The highest BCUT2D eigenvalue weighted by atomic mass is 19.4. The van der Waals surface area contributed by atoms with Crippen LogP contribution in [0, 0.1) is 32.4 Å². The first-order valence-electron chi connectivity index (χ1n) is 25.9. The van der Waals surface area contributed by atoms with E-state index in [0.717, 1.165) is 30.3 Å². The Labute approximate surface area is 487 Å². The van der Waals surface area contributed by atoms with Crippen molar-refractivity contribution in [1.29, 1.82) is 0 Å². The van der Waals surface area contributed by atoms with Crippen LogP contribution in [0.5, 0.6) is 11.5 Å². The number of benzene rings is 4. The van der Waals surface area contributed by atoms with Crippen LogP contribution in [0.25, 0.3) is 50.9 Å². The van der Waals surface area contributed by atoms with E-state index in [9.17, 15) is 43.9 Å². The van der Waals surface area contributed by atoms with Crippen molar-refractivity contribution >= 4 is 56.8 Å². The van der Waals surface area contributed by atoms with Gasteiger partial charge in [-0.1, -0.05) is 17.7 Å². The van der Waals surface area contributed by atoms with Gasteiger partial charge in [-0.15, -0.1) is 0 Å². The largest absolute Gasteiger partial charge is 0.495 e. The zero-order valence-corrected chi connectivity index (χ0v) is 46.5. The third-order valence-corrected chi connectivity index (χ3v) is 13.0. The number of halogens is 10.